The SMILES string of the molecule is N#Cc1cccc(-c2cccc(-c3nc(-c4c(-c5cccc(C#N)c5)cccc4-n4c5ccc(-c6ccccc6)cc5c5cc(-c6ccccc6)ccc54)nc(-c4c(-c5cccc(C#N)c5)cccc4-n4c5ccc(-c6ccccc6)cc5c5cc(-c6ccccc6)ccc54)n3)c2)c1. The van der Waals surface area contributed by atoms with E-state index in [9.17, 15) is 15.8 Å². The fraction of sp³-hybridized carbons (Fsp3) is 0. The van der Waals surface area contributed by atoms with Crippen LogP contribution in [0.5, 0.6) is 0 Å². The zero-order valence-electron chi connectivity index (χ0n) is 52.8. The summed E-state index contributed by atoms with van der Waals surface area (Å²) in [6, 6.07) is 120. The molecule has 0 amide bonds. The number of hydrogen-bond acceptors (Lipinski definition) is 6. The summed E-state index contributed by atoms with van der Waals surface area (Å²) in [7, 11) is 0. The fourth-order valence-corrected chi connectivity index (χ4v) is 14.1. The van der Waals surface area contributed by atoms with Crippen molar-refractivity contribution in [1.29, 1.82) is 15.8 Å². The van der Waals surface area contributed by atoms with Crippen molar-refractivity contribution in [2.45, 2.75) is 0 Å². The highest BCUT2D eigenvalue weighted by atomic mass is 15.1. The molecule has 0 radical (unpaired) electrons. The number of nitriles is 3. The topological polar surface area (TPSA) is 120 Å². The minimum Gasteiger partial charge on any atom is -0.308 e. The van der Waals surface area contributed by atoms with Crippen molar-refractivity contribution >= 4 is 43.6 Å². The second-order valence-corrected chi connectivity index (χ2v) is 24.4. The first-order chi connectivity index (χ1) is 48.4. The molecule has 3 heterocycles. The van der Waals surface area contributed by atoms with E-state index in [1.165, 1.54) is 0 Å². The van der Waals surface area contributed by atoms with Gasteiger partial charge in [-0.25, -0.2) is 15.0 Å². The Balaban J connectivity index is 0.997. The molecule has 17 rings (SSSR count). The van der Waals surface area contributed by atoms with Gasteiger partial charge < -0.3 is 9.13 Å². The summed E-state index contributed by atoms with van der Waals surface area (Å²) in [6.45, 7) is 0. The van der Waals surface area contributed by atoms with Crippen molar-refractivity contribution in [3.63, 3.8) is 0 Å². The predicted molar refractivity (Wildman–Crippen MR) is 397 cm³/mol. The van der Waals surface area contributed by atoms with Crippen molar-refractivity contribution in [2.75, 3.05) is 0 Å². The summed E-state index contributed by atoms with van der Waals surface area (Å²) in [5.41, 5.74) is 22.8. The third kappa shape index (κ3) is 10.4. The molecule has 0 aliphatic carbocycles. The van der Waals surface area contributed by atoms with E-state index in [2.05, 4.69) is 240 Å². The van der Waals surface area contributed by atoms with Crippen LogP contribution in [0.15, 0.2) is 328 Å². The zero-order chi connectivity index (χ0) is 65.6. The quantitative estimate of drug-likeness (QED) is 0.120. The van der Waals surface area contributed by atoms with E-state index in [4.69, 9.17) is 15.0 Å². The Kier molecular flexibility index (Phi) is 14.5. The lowest BCUT2D eigenvalue weighted by Crippen LogP contribution is -2.07. The second kappa shape index (κ2) is 24.6. The Morgan fingerprint density at radius 1 is 0.214 bits per heavy atom. The molecule has 0 aliphatic heterocycles. The first kappa shape index (κ1) is 58.0. The van der Waals surface area contributed by atoms with Gasteiger partial charge in [0.1, 0.15) is 0 Å². The smallest absolute Gasteiger partial charge is 0.166 e. The first-order valence-electron chi connectivity index (χ1n) is 32.5. The normalized spacial score (nSPS) is 11.2. The molecule has 454 valence electrons. The molecule has 0 aliphatic rings. The van der Waals surface area contributed by atoms with Gasteiger partial charge in [-0.3, -0.25) is 0 Å². The van der Waals surface area contributed by atoms with Gasteiger partial charge in [0.25, 0.3) is 0 Å². The molecule has 0 fully saturated rings. The van der Waals surface area contributed by atoms with Crippen LogP contribution in [0.3, 0.4) is 0 Å². The molecule has 3 aromatic heterocycles. The van der Waals surface area contributed by atoms with Crippen LogP contribution in [0.1, 0.15) is 16.7 Å². The molecule has 8 heteroatoms. The van der Waals surface area contributed by atoms with Crippen LogP contribution in [0.4, 0.5) is 0 Å². The van der Waals surface area contributed by atoms with Crippen LogP contribution in [0, 0.1) is 34.0 Å². The van der Waals surface area contributed by atoms with Crippen molar-refractivity contribution in [3.8, 4) is 142 Å². The second-order valence-electron chi connectivity index (χ2n) is 24.4. The van der Waals surface area contributed by atoms with Gasteiger partial charge in [-0.05, 0) is 181 Å². The van der Waals surface area contributed by atoms with Gasteiger partial charge in [0.15, 0.2) is 17.5 Å². The van der Waals surface area contributed by atoms with Crippen LogP contribution in [0.25, 0.3) is 167 Å². The van der Waals surface area contributed by atoms with Gasteiger partial charge in [-0.1, -0.05) is 224 Å². The van der Waals surface area contributed by atoms with E-state index >= 15 is 0 Å². The van der Waals surface area contributed by atoms with Crippen LogP contribution in [-0.4, -0.2) is 24.1 Å². The maximum absolute atomic E-state index is 10.6. The molecule has 0 saturated carbocycles. The lowest BCUT2D eigenvalue weighted by atomic mass is 9.94. The van der Waals surface area contributed by atoms with E-state index < -0.39 is 0 Å². The van der Waals surface area contributed by atoms with E-state index in [1.54, 1.807) is 0 Å². The molecule has 8 nitrogen and oxygen atoms in total. The van der Waals surface area contributed by atoms with Gasteiger partial charge in [0, 0.05) is 27.1 Å². The molecule has 17 aromatic rings. The minimum atomic E-state index is 0.375. The van der Waals surface area contributed by atoms with Gasteiger partial charge in [0.2, 0.25) is 0 Å². The highest BCUT2D eigenvalue weighted by Gasteiger charge is 2.28. The molecule has 14 aromatic carbocycles. The van der Waals surface area contributed by atoms with Gasteiger partial charge in [0.05, 0.1) is 79.5 Å². The average molecular weight is 1250 g/mol. The number of nitrogens with zero attached hydrogens (tertiary/aromatic N) is 8. The molecule has 0 bridgehead atoms. The monoisotopic (exact) mass is 1250 g/mol. The molecule has 0 unspecified atom stereocenters. The van der Waals surface area contributed by atoms with Gasteiger partial charge in [-0.15, -0.1) is 0 Å². The van der Waals surface area contributed by atoms with E-state index in [0.29, 0.717) is 50.9 Å². The first-order valence-corrected chi connectivity index (χ1v) is 32.5. The van der Waals surface area contributed by atoms with E-state index in [0.717, 1.165) is 133 Å². The van der Waals surface area contributed by atoms with Crippen LogP contribution < -0.4 is 0 Å². The summed E-state index contributed by atoms with van der Waals surface area (Å²) in [5, 5.41) is 35.6. The third-order valence-corrected chi connectivity index (χ3v) is 18.7. The van der Waals surface area contributed by atoms with Crippen molar-refractivity contribution in [3.05, 3.63) is 344 Å². The predicted octanol–water partition coefficient (Wildman–Crippen LogP) is 22.4. The maximum atomic E-state index is 10.6. The molecular formula is C90H54N8. The number of benzene rings is 14. The maximum Gasteiger partial charge on any atom is 0.166 e. The van der Waals surface area contributed by atoms with E-state index in [1.807, 2.05) is 115 Å². The largest absolute Gasteiger partial charge is 0.308 e. The van der Waals surface area contributed by atoms with Crippen LogP contribution >= 0.6 is 0 Å². The Bertz CT molecular complexity index is 5630. The van der Waals surface area contributed by atoms with E-state index in [-0.39, 0.29) is 0 Å². The lowest BCUT2D eigenvalue weighted by molar-refractivity contribution is 1.06. The van der Waals surface area contributed by atoms with Crippen molar-refractivity contribution in [2.24, 2.45) is 0 Å². The van der Waals surface area contributed by atoms with Crippen LogP contribution in [0.2, 0.25) is 0 Å². The molecule has 0 saturated heterocycles. The van der Waals surface area contributed by atoms with Gasteiger partial charge in [-0.2, -0.15) is 15.8 Å². The fourth-order valence-electron chi connectivity index (χ4n) is 14.1. The minimum absolute atomic E-state index is 0.375. The highest BCUT2D eigenvalue weighted by Crippen LogP contribution is 2.47. The summed E-state index contributed by atoms with van der Waals surface area (Å²) >= 11 is 0. The summed E-state index contributed by atoms with van der Waals surface area (Å²) in [6.07, 6.45) is 0. The summed E-state index contributed by atoms with van der Waals surface area (Å²) in [4.78, 5) is 17.4. The molecule has 0 spiro atoms. The average Bonchev–Trinajstić information content (AvgIpc) is 1.52. The van der Waals surface area contributed by atoms with Crippen LogP contribution in [-0.2, 0) is 0 Å². The number of hydrogen-bond donors (Lipinski definition) is 0. The summed E-state index contributed by atoms with van der Waals surface area (Å²) < 4.78 is 4.68. The number of rotatable bonds is 12. The van der Waals surface area contributed by atoms with Crippen molar-refractivity contribution in [1.82, 2.24) is 24.1 Å². The standard InChI is InChI=1S/C90H54N8/c91-55-58-19-13-30-65(47-58)66-31-16-34-73(50-66)88-94-89(86-74(71-32-14-20-59(48-71)56-92)35-17-37-84(86)97-80-43-39-67(61-22-5-1-6-23-61)51-76(80)77-52-68(40-44-81(77)97)62-24-7-2-8-25-62)96-90(95-88)87-75(72-33-15-21-60(49-72)57-93)36-18-38-85(87)98-82-45-41-69(63-26-9-3-10-27-63)53-78(82)79-54-70(42-46-83(79)98)64-28-11-4-12-29-64/h1-54H. The van der Waals surface area contributed by atoms with Crippen molar-refractivity contribution < 1.29 is 0 Å². The Labute approximate surface area is 566 Å². The molecule has 0 N–H and O–H groups in total. The Morgan fingerprint density at radius 2 is 0.490 bits per heavy atom. The molecule has 0 atom stereocenters. The number of aromatic nitrogens is 5. The third-order valence-electron chi connectivity index (χ3n) is 18.7. The Morgan fingerprint density at radius 3 is 0.847 bits per heavy atom. The Hall–Kier alpha value is -13.8. The lowest BCUT2D eigenvalue weighted by Gasteiger charge is -2.21. The zero-order valence-corrected chi connectivity index (χ0v) is 52.8. The summed E-state index contributed by atoms with van der Waals surface area (Å²) in [5.74, 6) is 1.15. The van der Waals surface area contributed by atoms with Gasteiger partial charge >= 0.3 is 0 Å². The number of fused-ring (bicyclic) bond motifs is 6. The molecular weight excluding hydrogens is 1190 g/mol. The highest BCUT2D eigenvalue weighted by molar-refractivity contribution is 6.14. The molecule has 98 heavy (non-hydrogen) atoms.